The lowest BCUT2D eigenvalue weighted by atomic mass is 10.0. The number of hydrogen-bond donors (Lipinski definition) is 2. The molecule has 4 aromatic rings. The molecule has 4 heterocycles. The van der Waals surface area contributed by atoms with E-state index in [0.29, 0.717) is 60.9 Å². The van der Waals surface area contributed by atoms with Crippen LogP contribution >= 0.6 is 0 Å². The number of urea groups is 1. The SMILES string of the molecule is CC.CC.CCC.Cc1cc(NC(=O)Nc2cnc3ccnn3c2C2CCCC2)cnc1-c1noc(COCCCOCCCCC=O)n1. The van der Waals surface area contributed by atoms with Crippen LogP contribution in [0.1, 0.15) is 122 Å². The second-order valence-corrected chi connectivity index (χ2v) is 11.0. The van der Waals surface area contributed by atoms with Gasteiger partial charge in [0.05, 0.1) is 35.7 Å². The van der Waals surface area contributed by atoms with Crippen molar-refractivity contribution >= 4 is 29.3 Å². The highest BCUT2D eigenvalue weighted by Gasteiger charge is 2.25. The Morgan fingerprint density at radius 1 is 1.00 bits per heavy atom. The van der Waals surface area contributed by atoms with Gasteiger partial charge in [0.25, 0.3) is 5.89 Å². The molecule has 5 rings (SSSR count). The van der Waals surface area contributed by atoms with E-state index < -0.39 is 6.03 Å². The molecule has 0 aliphatic heterocycles. The zero-order valence-electron chi connectivity index (χ0n) is 30.5. The standard InChI is InChI=1S/C29H36N8O5.C3H8.2C2H6/c1-20-16-22(33-29(39)34-23-18-30-24-10-11-32-37(24)27(23)21-8-3-4-9-21)17-31-26(20)28-35-25(42-36-28)19-41-15-7-14-40-13-6-2-5-12-38;1-3-2;2*1-2/h10-12,16-18,21H,2-9,13-15,19H2,1H3,(H2,33,34,39);3H2,1-2H3;2*1-2H3. The largest absolute Gasteiger partial charge is 0.381 e. The molecule has 270 valence electrons. The zero-order valence-corrected chi connectivity index (χ0v) is 30.5. The number of carbonyl (C=O) groups is 2. The van der Waals surface area contributed by atoms with E-state index in [1.165, 1.54) is 6.42 Å². The second kappa shape index (κ2) is 24.0. The number of anilines is 2. The summed E-state index contributed by atoms with van der Waals surface area (Å²) in [4.78, 5) is 36.5. The van der Waals surface area contributed by atoms with E-state index in [2.05, 4.69) is 49.7 Å². The average Bonchev–Trinajstić information content (AvgIpc) is 3.91. The summed E-state index contributed by atoms with van der Waals surface area (Å²) in [6.45, 7) is 16.0. The summed E-state index contributed by atoms with van der Waals surface area (Å²) >= 11 is 0. The highest BCUT2D eigenvalue weighted by molar-refractivity contribution is 6.00. The molecule has 13 heteroatoms. The van der Waals surface area contributed by atoms with Crippen molar-refractivity contribution in [2.75, 3.05) is 30.5 Å². The van der Waals surface area contributed by atoms with Gasteiger partial charge in [0.15, 0.2) is 5.65 Å². The predicted octanol–water partition coefficient (Wildman–Crippen LogP) is 8.55. The van der Waals surface area contributed by atoms with Crippen LogP contribution < -0.4 is 10.6 Å². The number of hydrogen-bond acceptors (Lipinski definition) is 10. The van der Waals surface area contributed by atoms with Crippen LogP contribution in [0.2, 0.25) is 0 Å². The van der Waals surface area contributed by atoms with Gasteiger partial charge >= 0.3 is 6.03 Å². The van der Waals surface area contributed by atoms with Crippen LogP contribution in [0.15, 0.2) is 35.2 Å². The maximum atomic E-state index is 12.9. The Morgan fingerprint density at radius 2 is 1.71 bits per heavy atom. The van der Waals surface area contributed by atoms with Crippen LogP contribution in [0.4, 0.5) is 16.2 Å². The Morgan fingerprint density at radius 3 is 2.43 bits per heavy atom. The third-order valence-corrected chi connectivity index (χ3v) is 7.12. The Bertz CT molecular complexity index is 1500. The maximum Gasteiger partial charge on any atom is 0.323 e. The topological polar surface area (TPSA) is 159 Å². The normalized spacial score (nSPS) is 12.2. The maximum absolute atomic E-state index is 12.9. The number of nitrogens with zero attached hydrogens (tertiary/aromatic N) is 6. The monoisotopic (exact) mass is 680 g/mol. The summed E-state index contributed by atoms with van der Waals surface area (Å²) in [5, 5.41) is 14.3. The molecular weight excluding hydrogens is 624 g/mol. The van der Waals surface area contributed by atoms with E-state index in [1.54, 1.807) is 24.7 Å². The molecule has 1 aliphatic carbocycles. The van der Waals surface area contributed by atoms with Gasteiger partial charge in [-0.05, 0) is 50.7 Å². The Hall–Kier alpha value is -4.23. The first-order valence-electron chi connectivity index (χ1n) is 17.8. The highest BCUT2D eigenvalue weighted by atomic mass is 16.5. The first kappa shape index (κ1) is 40.9. The molecule has 1 fully saturated rings. The lowest BCUT2D eigenvalue weighted by Crippen LogP contribution is -2.22. The molecular formula is C36H56N8O5. The number of aldehydes is 1. The number of amides is 2. The second-order valence-electron chi connectivity index (χ2n) is 11.0. The van der Waals surface area contributed by atoms with Crippen LogP contribution in [-0.4, -0.2) is 61.9 Å². The minimum Gasteiger partial charge on any atom is -0.381 e. The first-order valence-corrected chi connectivity index (χ1v) is 17.8. The number of rotatable bonds is 15. The third-order valence-electron chi connectivity index (χ3n) is 7.12. The van der Waals surface area contributed by atoms with Crippen LogP contribution in [-0.2, 0) is 20.9 Å². The van der Waals surface area contributed by atoms with Gasteiger partial charge in [0.2, 0.25) is 5.82 Å². The number of carbonyl (C=O) groups excluding carboxylic acids is 2. The van der Waals surface area contributed by atoms with Gasteiger partial charge in [-0.1, -0.05) is 66.0 Å². The molecule has 1 aliphatic rings. The fraction of sp³-hybridized carbons (Fsp3) is 0.583. The van der Waals surface area contributed by atoms with E-state index in [-0.39, 0.29) is 6.61 Å². The smallest absolute Gasteiger partial charge is 0.323 e. The molecule has 0 radical (unpaired) electrons. The van der Waals surface area contributed by atoms with Crippen molar-refractivity contribution in [1.29, 1.82) is 0 Å². The van der Waals surface area contributed by atoms with Gasteiger partial charge < -0.3 is 29.4 Å². The van der Waals surface area contributed by atoms with E-state index in [9.17, 15) is 9.59 Å². The van der Waals surface area contributed by atoms with Gasteiger partial charge in [0.1, 0.15) is 18.6 Å². The number of unbranched alkanes of at least 4 members (excludes halogenated alkanes) is 2. The summed E-state index contributed by atoms with van der Waals surface area (Å²) in [5.41, 5.74) is 4.25. The van der Waals surface area contributed by atoms with E-state index in [0.717, 1.165) is 68.1 Å². The van der Waals surface area contributed by atoms with E-state index >= 15 is 0 Å². The lowest BCUT2D eigenvalue weighted by Gasteiger charge is -2.17. The molecule has 4 aromatic heterocycles. The van der Waals surface area contributed by atoms with E-state index in [1.807, 2.05) is 45.2 Å². The summed E-state index contributed by atoms with van der Waals surface area (Å²) < 4.78 is 18.3. The number of aromatic nitrogens is 6. The van der Waals surface area contributed by atoms with Crippen molar-refractivity contribution < 1.29 is 23.6 Å². The molecule has 0 saturated heterocycles. The number of pyridine rings is 1. The minimum absolute atomic E-state index is 0.188. The molecule has 13 nitrogen and oxygen atoms in total. The molecule has 0 bridgehead atoms. The van der Waals surface area contributed by atoms with Crippen molar-refractivity contribution in [1.82, 2.24) is 29.7 Å². The average molecular weight is 681 g/mol. The molecule has 2 N–H and O–H groups in total. The Labute approximate surface area is 291 Å². The lowest BCUT2D eigenvalue weighted by molar-refractivity contribution is -0.108. The minimum atomic E-state index is -0.390. The van der Waals surface area contributed by atoms with Gasteiger partial charge in [0, 0.05) is 38.2 Å². The Balaban J connectivity index is 0.00000111. The van der Waals surface area contributed by atoms with Crippen molar-refractivity contribution in [3.63, 3.8) is 0 Å². The van der Waals surface area contributed by atoms with Gasteiger partial charge in [-0.2, -0.15) is 10.1 Å². The van der Waals surface area contributed by atoms with Gasteiger partial charge in [-0.3, -0.25) is 4.98 Å². The summed E-state index contributed by atoms with van der Waals surface area (Å²) in [7, 11) is 0. The molecule has 49 heavy (non-hydrogen) atoms. The highest BCUT2D eigenvalue weighted by Crippen LogP contribution is 2.37. The van der Waals surface area contributed by atoms with Crippen molar-refractivity contribution in [2.45, 2.75) is 119 Å². The molecule has 0 atom stereocenters. The first-order chi connectivity index (χ1) is 24.0. The summed E-state index contributed by atoms with van der Waals surface area (Å²) in [6, 6.07) is 3.27. The van der Waals surface area contributed by atoms with Crippen molar-refractivity contribution in [2.24, 2.45) is 0 Å². The van der Waals surface area contributed by atoms with Crippen molar-refractivity contribution in [3.05, 3.63) is 47.9 Å². The molecule has 0 aromatic carbocycles. The number of fused-ring (bicyclic) bond motifs is 1. The van der Waals surface area contributed by atoms with Crippen molar-refractivity contribution in [3.8, 4) is 11.5 Å². The molecule has 0 spiro atoms. The number of ether oxygens (including phenoxy) is 2. The molecule has 1 saturated carbocycles. The quantitative estimate of drug-likeness (QED) is 0.0920. The van der Waals surface area contributed by atoms with Crippen LogP contribution in [0.3, 0.4) is 0 Å². The van der Waals surface area contributed by atoms with Crippen LogP contribution in [0.25, 0.3) is 17.2 Å². The van der Waals surface area contributed by atoms with Gasteiger partial charge in [-0.25, -0.2) is 14.3 Å². The zero-order chi connectivity index (χ0) is 35.9. The fourth-order valence-electron chi connectivity index (χ4n) is 5.11. The summed E-state index contributed by atoms with van der Waals surface area (Å²) in [5.74, 6) is 1.02. The van der Waals surface area contributed by atoms with Crippen LogP contribution in [0, 0.1) is 6.92 Å². The summed E-state index contributed by atoms with van der Waals surface area (Å²) in [6.07, 6.45) is 14.6. The Kier molecular flexibility index (Phi) is 20.0. The number of aryl methyl sites for hydroxylation is 1. The van der Waals surface area contributed by atoms with Crippen LogP contribution in [0.5, 0.6) is 0 Å². The number of nitrogens with one attached hydrogen (secondary N) is 2. The fourth-order valence-corrected chi connectivity index (χ4v) is 5.11. The predicted molar refractivity (Wildman–Crippen MR) is 193 cm³/mol. The van der Waals surface area contributed by atoms with E-state index in [4.69, 9.17) is 14.0 Å². The third kappa shape index (κ3) is 13.3. The molecule has 0 unspecified atom stereocenters. The molecule has 2 amide bonds. The van der Waals surface area contributed by atoms with Gasteiger partial charge in [-0.15, -0.1) is 0 Å².